The summed E-state index contributed by atoms with van der Waals surface area (Å²) in [5.41, 5.74) is 0.703. The second-order valence-electron chi connectivity index (χ2n) is 4.46. The molecule has 0 fully saturated rings. The van der Waals surface area contributed by atoms with E-state index in [2.05, 4.69) is 20.5 Å². The van der Waals surface area contributed by atoms with Gasteiger partial charge in [-0.1, -0.05) is 27.7 Å². The van der Waals surface area contributed by atoms with Crippen LogP contribution in [0.15, 0.2) is 0 Å². The molecule has 0 aliphatic carbocycles. The van der Waals surface area contributed by atoms with Crippen LogP contribution in [0.1, 0.15) is 51.9 Å². The number of anilines is 1. The molecule has 2 N–H and O–H groups in total. The van der Waals surface area contributed by atoms with Crippen LogP contribution in [-0.4, -0.2) is 31.8 Å². The molecule has 0 amide bonds. The van der Waals surface area contributed by atoms with Crippen LogP contribution in [0.25, 0.3) is 0 Å². The Morgan fingerprint density at radius 2 is 1.68 bits per heavy atom. The lowest BCUT2D eigenvalue weighted by atomic mass is 9.93. The predicted molar refractivity (Wildman–Crippen MR) is 73.2 cm³/mol. The number of nitrogens with one attached hydrogen (secondary N) is 1. The lowest BCUT2D eigenvalue weighted by Crippen LogP contribution is -2.45. The van der Waals surface area contributed by atoms with Crippen LogP contribution in [-0.2, 0) is 17.6 Å². The maximum atomic E-state index is 11.4. The minimum absolute atomic E-state index is 0.292. The lowest BCUT2D eigenvalue weighted by Gasteiger charge is -2.27. The third kappa shape index (κ3) is 3.19. The average Bonchev–Trinajstić information content (AvgIpc) is 2.44. The largest absolute Gasteiger partial charge is 0.480 e. The van der Waals surface area contributed by atoms with Gasteiger partial charge in [-0.3, -0.25) is 0 Å². The fourth-order valence-electron chi connectivity index (χ4n) is 1.99. The Labute approximate surface area is 113 Å². The Bertz CT molecular complexity index is 444. The second-order valence-corrected chi connectivity index (χ2v) is 4.46. The van der Waals surface area contributed by atoms with Gasteiger partial charge < -0.3 is 10.4 Å². The highest BCUT2D eigenvalue weighted by Crippen LogP contribution is 2.20. The standard InChI is InChI=1S/C13H22N4O2/c1-5-9-10(6-2)16-17-12(14-9)15-13(7-3,8-4)11(18)19/h5-8H2,1-4H3,(H,18,19)(H,14,15,17). The summed E-state index contributed by atoms with van der Waals surface area (Å²) in [4.78, 5) is 15.8. The van der Waals surface area contributed by atoms with Crippen molar-refractivity contribution in [2.45, 2.75) is 58.9 Å². The van der Waals surface area contributed by atoms with Crippen molar-refractivity contribution in [3.05, 3.63) is 11.4 Å². The summed E-state index contributed by atoms with van der Waals surface area (Å²) < 4.78 is 0. The van der Waals surface area contributed by atoms with E-state index in [-0.39, 0.29) is 0 Å². The molecule has 1 aromatic rings. The molecule has 0 aliphatic heterocycles. The van der Waals surface area contributed by atoms with Crippen molar-refractivity contribution in [2.75, 3.05) is 5.32 Å². The summed E-state index contributed by atoms with van der Waals surface area (Å²) >= 11 is 0. The quantitative estimate of drug-likeness (QED) is 0.785. The Balaban J connectivity index is 3.07. The Hall–Kier alpha value is -1.72. The number of aryl methyl sites for hydroxylation is 2. The van der Waals surface area contributed by atoms with Crippen LogP contribution in [0.4, 0.5) is 5.95 Å². The van der Waals surface area contributed by atoms with Crippen molar-refractivity contribution in [1.29, 1.82) is 0 Å². The lowest BCUT2D eigenvalue weighted by molar-refractivity contribution is -0.142. The van der Waals surface area contributed by atoms with E-state index in [1.165, 1.54) is 0 Å². The molecule has 6 nitrogen and oxygen atoms in total. The van der Waals surface area contributed by atoms with Gasteiger partial charge in [-0.2, -0.15) is 5.10 Å². The molecule has 106 valence electrons. The number of carboxylic acids is 1. The van der Waals surface area contributed by atoms with Crippen LogP contribution in [0.3, 0.4) is 0 Å². The molecule has 1 aromatic heterocycles. The molecular formula is C13H22N4O2. The van der Waals surface area contributed by atoms with Crippen molar-refractivity contribution in [3.63, 3.8) is 0 Å². The summed E-state index contributed by atoms with van der Waals surface area (Å²) in [5, 5.41) is 20.4. The third-order valence-corrected chi connectivity index (χ3v) is 3.48. The SMILES string of the molecule is CCc1nnc(NC(CC)(CC)C(=O)O)nc1CC. The Kier molecular flexibility index (Phi) is 5.20. The maximum absolute atomic E-state index is 11.4. The zero-order valence-corrected chi connectivity index (χ0v) is 12.0. The molecule has 0 aromatic carbocycles. The van der Waals surface area contributed by atoms with Gasteiger partial charge in [0.1, 0.15) is 5.54 Å². The molecule has 0 unspecified atom stereocenters. The van der Waals surface area contributed by atoms with Crippen molar-refractivity contribution in [1.82, 2.24) is 15.2 Å². The highest BCUT2D eigenvalue weighted by Gasteiger charge is 2.35. The number of nitrogens with zero attached hydrogens (tertiary/aromatic N) is 3. The van der Waals surface area contributed by atoms with Gasteiger partial charge in [-0.15, -0.1) is 5.10 Å². The first-order valence-electron chi connectivity index (χ1n) is 6.76. The van der Waals surface area contributed by atoms with Gasteiger partial charge in [-0.25, -0.2) is 9.78 Å². The number of carbonyl (C=O) groups is 1. The van der Waals surface area contributed by atoms with E-state index in [9.17, 15) is 9.90 Å². The second kappa shape index (κ2) is 6.45. The molecule has 1 heterocycles. The van der Waals surface area contributed by atoms with Crippen molar-refractivity contribution in [2.24, 2.45) is 0 Å². The molecule has 0 saturated heterocycles. The Morgan fingerprint density at radius 3 is 2.11 bits per heavy atom. The van der Waals surface area contributed by atoms with E-state index in [1.54, 1.807) is 0 Å². The molecule has 0 saturated carbocycles. The average molecular weight is 266 g/mol. The first kappa shape index (κ1) is 15.3. The highest BCUT2D eigenvalue weighted by molar-refractivity contribution is 5.81. The monoisotopic (exact) mass is 266 g/mol. The molecule has 0 bridgehead atoms. The van der Waals surface area contributed by atoms with E-state index in [4.69, 9.17) is 0 Å². The first-order chi connectivity index (χ1) is 9.02. The topological polar surface area (TPSA) is 88.0 Å². The minimum Gasteiger partial charge on any atom is -0.480 e. The number of rotatable bonds is 7. The summed E-state index contributed by atoms with van der Waals surface area (Å²) in [6.45, 7) is 7.66. The number of hydrogen-bond acceptors (Lipinski definition) is 5. The molecule has 6 heteroatoms. The van der Waals surface area contributed by atoms with Gasteiger partial charge in [-0.05, 0) is 25.7 Å². The van der Waals surface area contributed by atoms with Gasteiger partial charge in [0.05, 0.1) is 11.4 Å². The fraction of sp³-hybridized carbons (Fsp3) is 0.692. The molecule has 0 spiro atoms. The molecule has 1 rings (SSSR count). The van der Waals surface area contributed by atoms with Crippen LogP contribution < -0.4 is 5.32 Å². The molecular weight excluding hydrogens is 244 g/mol. The summed E-state index contributed by atoms with van der Waals surface area (Å²) in [6.07, 6.45) is 2.44. The first-order valence-corrected chi connectivity index (χ1v) is 6.76. The van der Waals surface area contributed by atoms with Crippen LogP contribution >= 0.6 is 0 Å². The summed E-state index contributed by atoms with van der Waals surface area (Å²) in [5.74, 6) is -0.598. The zero-order valence-electron chi connectivity index (χ0n) is 12.0. The fourth-order valence-corrected chi connectivity index (χ4v) is 1.99. The maximum Gasteiger partial charge on any atom is 0.329 e. The Morgan fingerprint density at radius 1 is 1.11 bits per heavy atom. The van der Waals surface area contributed by atoms with E-state index in [0.717, 1.165) is 24.2 Å². The van der Waals surface area contributed by atoms with Crippen molar-refractivity contribution in [3.8, 4) is 0 Å². The van der Waals surface area contributed by atoms with E-state index < -0.39 is 11.5 Å². The van der Waals surface area contributed by atoms with Gasteiger partial charge >= 0.3 is 5.97 Å². The molecule has 19 heavy (non-hydrogen) atoms. The number of hydrogen-bond donors (Lipinski definition) is 2. The van der Waals surface area contributed by atoms with Crippen LogP contribution in [0, 0.1) is 0 Å². The van der Waals surface area contributed by atoms with Gasteiger partial charge in [0.25, 0.3) is 0 Å². The summed E-state index contributed by atoms with van der Waals surface area (Å²) in [6, 6.07) is 0. The van der Waals surface area contributed by atoms with E-state index in [1.807, 2.05) is 27.7 Å². The zero-order chi connectivity index (χ0) is 14.5. The third-order valence-electron chi connectivity index (χ3n) is 3.48. The highest BCUT2D eigenvalue weighted by atomic mass is 16.4. The normalized spacial score (nSPS) is 11.4. The molecule has 0 atom stereocenters. The number of aromatic nitrogens is 3. The number of aliphatic carboxylic acids is 1. The minimum atomic E-state index is -1.03. The van der Waals surface area contributed by atoms with Gasteiger partial charge in [0.2, 0.25) is 5.95 Å². The summed E-state index contributed by atoms with van der Waals surface area (Å²) in [7, 11) is 0. The predicted octanol–water partition coefficient (Wildman–Crippen LogP) is 2.05. The molecule has 0 radical (unpaired) electrons. The van der Waals surface area contributed by atoms with Crippen LogP contribution in [0.2, 0.25) is 0 Å². The van der Waals surface area contributed by atoms with Crippen molar-refractivity contribution >= 4 is 11.9 Å². The van der Waals surface area contributed by atoms with E-state index >= 15 is 0 Å². The van der Waals surface area contributed by atoms with E-state index in [0.29, 0.717) is 18.8 Å². The molecule has 0 aliphatic rings. The van der Waals surface area contributed by atoms with Crippen LogP contribution in [0.5, 0.6) is 0 Å². The smallest absolute Gasteiger partial charge is 0.329 e. The van der Waals surface area contributed by atoms with Gasteiger partial charge in [0.15, 0.2) is 0 Å². The van der Waals surface area contributed by atoms with Gasteiger partial charge in [0, 0.05) is 0 Å². The number of carboxylic acid groups (broad SMARTS) is 1. The van der Waals surface area contributed by atoms with Crippen molar-refractivity contribution < 1.29 is 9.90 Å².